The SMILES string of the molecule is O=C(COc1ccc(F)cc1)OCc1cc(=O)n2cc(Br)ccc2n1. The van der Waals surface area contributed by atoms with Gasteiger partial charge in [0.1, 0.15) is 23.8 Å². The van der Waals surface area contributed by atoms with E-state index in [1.54, 1.807) is 18.3 Å². The summed E-state index contributed by atoms with van der Waals surface area (Å²) in [5.74, 6) is -0.663. The maximum Gasteiger partial charge on any atom is 0.344 e. The van der Waals surface area contributed by atoms with Crippen LogP contribution in [0.3, 0.4) is 0 Å². The van der Waals surface area contributed by atoms with Crippen molar-refractivity contribution in [3.05, 3.63) is 75.0 Å². The quantitative estimate of drug-likeness (QED) is 0.609. The van der Waals surface area contributed by atoms with Gasteiger partial charge in [0, 0.05) is 16.7 Å². The Labute approximate surface area is 150 Å². The molecule has 0 N–H and O–H groups in total. The molecule has 0 amide bonds. The predicted octanol–water partition coefficient (Wildman–Crippen LogP) is 2.72. The number of hydrogen-bond acceptors (Lipinski definition) is 5. The van der Waals surface area contributed by atoms with Crippen LogP contribution in [0.15, 0.2) is 57.9 Å². The van der Waals surface area contributed by atoms with Crippen LogP contribution < -0.4 is 10.3 Å². The molecular weight excluding hydrogens is 395 g/mol. The summed E-state index contributed by atoms with van der Waals surface area (Å²) in [5, 5.41) is 0. The van der Waals surface area contributed by atoms with E-state index in [2.05, 4.69) is 20.9 Å². The van der Waals surface area contributed by atoms with Gasteiger partial charge in [-0.05, 0) is 52.3 Å². The Balaban J connectivity index is 1.60. The molecule has 2 heterocycles. The van der Waals surface area contributed by atoms with Crippen LogP contribution in [0.1, 0.15) is 5.69 Å². The fourth-order valence-corrected chi connectivity index (χ4v) is 2.41. The molecule has 0 fully saturated rings. The molecule has 3 rings (SSSR count). The molecule has 6 nitrogen and oxygen atoms in total. The van der Waals surface area contributed by atoms with Crippen molar-refractivity contribution in [1.29, 1.82) is 0 Å². The minimum absolute atomic E-state index is 0.145. The zero-order chi connectivity index (χ0) is 17.8. The number of esters is 1. The van der Waals surface area contributed by atoms with Crippen molar-refractivity contribution in [3.8, 4) is 5.75 Å². The highest BCUT2D eigenvalue weighted by Crippen LogP contribution is 2.11. The van der Waals surface area contributed by atoms with E-state index in [9.17, 15) is 14.0 Å². The number of carbonyl (C=O) groups excluding carboxylic acids is 1. The standard InChI is InChI=1S/C17H12BrFN2O4/c18-11-1-6-15-20-13(7-16(22)21(15)8-11)9-25-17(23)10-24-14-4-2-12(19)3-5-14/h1-8H,9-10H2. The number of ether oxygens (including phenoxy) is 2. The number of aromatic nitrogens is 2. The number of nitrogens with zero attached hydrogens (tertiary/aromatic N) is 2. The first-order valence-electron chi connectivity index (χ1n) is 7.23. The van der Waals surface area contributed by atoms with Gasteiger partial charge in [-0.25, -0.2) is 14.2 Å². The van der Waals surface area contributed by atoms with Crippen molar-refractivity contribution in [1.82, 2.24) is 9.38 Å². The van der Waals surface area contributed by atoms with Crippen molar-refractivity contribution in [2.24, 2.45) is 0 Å². The number of benzene rings is 1. The smallest absolute Gasteiger partial charge is 0.344 e. The molecule has 0 spiro atoms. The van der Waals surface area contributed by atoms with Gasteiger partial charge in [0.2, 0.25) is 0 Å². The lowest BCUT2D eigenvalue weighted by atomic mass is 10.3. The molecule has 128 valence electrons. The van der Waals surface area contributed by atoms with E-state index in [-0.39, 0.29) is 18.8 Å². The molecule has 0 saturated carbocycles. The maximum absolute atomic E-state index is 12.8. The topological polar surface area (TPSA) is 69.9 Å². The predicted molar refractivity (Wildman–Crippen MR) is 90.9 cm³/mol. The monoisotopic (exact) mass is 406 g/mol. The molecule has 0 aliphatic carbocycles. The van der Waals surface area contributed by atoms with Gasteiger partial charge in [-0.1, -0.05) is 0 Å². The van der Waals surface area contributed by atoms with E-state index in [1.165, 1.54) is 34.7 Å². The third kappa shape index (κ3) is 4.42. The first-order valence-corrected chi connectivity index (χ1v) is 8.02. The molecule has 3 aromatic rings. The number of carbonyl (C=O) groups is 1. The molecular formula is C17H12BrFN2O4. The summed E-state index contributed by atoms with van der Waals surface area (Å²) in [6, 6.07) is 10.0. The second-order valence-corrected chi connectivity index (χ2v) is 5.98. The molecule has 2 aromatic heterocycles. The summed E-state index contributed by atoms with van der Waals surface area (Å²) < 4.78 is 25.1. The Morgan fingerprint density at radius 1 is 1.20 bits per heavy atom. The largest absolute Gasteiger partial charge is 0.482 e. The Hall–Kier alpha value is -2.74. The average molecular weight is 407 g/mol. The maximum atomic E-state index is 12.8. The van der Waals surface area contributed by atoms with Gasteiger partial charge in [0.25, 0.3) is 5.56 Å². The minimum atomic E-state index is -0.623. The van der Waals surface area contributed by atoms with E-state index in [0.29, 0.717) is 17.1 Å². The van der Waals surface area contributed by atoms with Gasteiger partial charge >= 0.3 is 5.97 Å². The number of pyridine rings is 1. The van der Waals surface area contributed by atoms with Crippen molar-refractivity contribution in [3.63, 3.8) is 0 Å². The summed E-state index contributed by atoms with van der Waals surface area (Å²) in [7, 11) is 0. The average Bonchev–Trinajstić information content (AvgIpc) is 2.60. The minimum Gasteiger partial charge on any atom is -0.482 e. The fraction of sp³-hybridized carbons (Fsp3) is 0.118. The van der Waals surface area contributed by atoms with Crippen molar-refractivity contribution in [2.75, 3.05) is 6.61 Å². The van der Waals surface area contributed by atoms with Crippen LogP contribution in [0.4, 0.5) is 4.39 Å². The van der Waals surface area contributed by atoms with E-state index >= 15 is 0 Å². The molecule has 0 atom stereocenters. The van der Waals surface area contributed by atoms with Gasteiger partial charge in [0.15, 0.2) is 6.61 Å². The Morgan fingerprint density at radius 2 is 1.96 bits per heavy atom. The van der Waals surface area contributed by atoms with Crippen LogP contribution in [0.2, 0.25) is 0 Å². The second kappa shape index (κ2) is 7.43. The first-order chi connectivity index (χ1) is 12.0. The summed E-state index contributed by atoms with van der Waals surface area (Å²) >= 11 is 3.28. The summed E-state index contributed by atoms with van der Waals surface area (Å²) in [4.78, 5) is 28.0. The second-order valence-electron chi connectivity index (χ2n) is 5.06. The molecule has 0 aliphatic rings. The highest BCUT2D eigenvalue weighted by molar-refractivity contribution is 9.10. The third-order valence-corrected chi connectivity index (χ3v) is 3.70. The first kappa shape index (κ1) is 17.1. The summed E-state index contributed by atoms with van der Waals surface area (Å²) in [6.45, 7) is -0.474. The number of halogens is 2. The van der Waals surface area contributed by atoms with Gasteiger partial charge in [-0.3, -0.25) is 9.20 Å². The van der Waals surface area contributed by atoms with Gasteiger partial charge in [-0.2, -0.15) is 0 Å². The lowest BCUT2D eigenvalue weighted by Gasteiger charge is -2.07. The van der Waals surface area contributed by atoms with Crippen LogP contribution >= 0.6 is 15.9 Å². The van der Waals surface area contributed by atoms with Gasteiger partial charge < -0.3 is 9.47 Å². The summed E-state index contributed by atoms with van der Waals surface area (Å²) in [5.41, 5.74) is 0.506. The molecule has 0 saturated heterocycles. The highest BCUT2D eigenvalue weighted by atomic mass is 79.9. The zero-order valence-electron chi connectivity index (χ0n) is 12.8. The molecule has 0 aliphatic heterocycles. The molecule has 25 heavy (non-hydrogen) atoms. The Bertz CT molecular complexity index is 973. The Kier molecular flexibility index (Phi) is 5.08. The van der Waals surface area contributed by atoms with E-state index < -0.39 is 11.8 Å². The van der Waals surface area contributed by atoms with E-state index in [0.717, 1.165) is 4.47 Å². The third-order valence-electron chi connectivity index (χ3n) is 3.23. The molecule has 0 radical (unpaired) electrons. The van der Waals surface area contributed by atoms with Crippen LogP contribution in [-0.2, 0) is 16.1 Å². The van der Waals surface area contributed by atoms with Gasteiger partial charge in [-0.15, -0.1) is 0 Å². The lowest BCUT2D eigenvalue weighted by molar-refractivity contribution is -0.147. The molecule has 8 heteroatoms. The van der Waals surface area contributed by atoms with Gasteiger partial charge in [0.05, 0.1) is 5.69 Å². The summed E-state index contributed by atoms with van der Waals surface area (Å²) in [6.07, 6.45) is 1.61. The van der Waals surface area contributed by atoms with Crippen LogP contribution in [0, 0.1) is 5.82 Å². The van der Waals surface area contributed by atoms with Crippen molar-refractivity contribution >= 4 is 27.5 Å². The molecule has 0 unspecified atom stereocenters. The molecule has 0 bridgehead atoms. The van der Waals surface area contributed by atoms with E-state index in [4.69, 9.17) is 9.47 Å². The number of rotatable bonds is 5. The van der Waals surface area contributed by atoms with Crippen molar-refractivity contribution in [2.45, 2.75) is 6.61 Å². The van der Waals surface area contributed by atoms with E-state index in [1.807, 2.05) is 0 Å². The molecule has 1 aromatic carbocycles. The lowest BCUT2D eigenvalue weighted by Crippen LogP contribution is -2.18. The van der Waals surface area contributed by atoms with Crippen LogP contribution in [0.25, 0.3) is 5.65 Å². The highest BCUT2D eigenvalue weighted by Gasteiger charge is 2.08. The zero-order valence-corrected chi connectivity index (χ0v) is 14.4. The Morgan fingerprint density at radius 3 is 2.72 bits per heavy atom. The fourth-order valence-electron chi connectivity index (χ4n) is 2.07. The van der Waals surface area contributed by atoms with Crippen molar-refractivity contribution < 1.29 is 18.7 Å². The van der Waals surface area contributed by atoms with Crippen LogP contribution in [0.5, 0.6) is 5.75 Å². The number of fused-ring (bicyclic) bond motifs is 1. The number of hydrogen-bond donors (Lipinski definition) is 0. The van der Waals surface area contributed by atoms with Crippen LogP contribution in [-0.4, -0.2) is 22.0 Å². The normalized spacial score (nSPS) is 10.6.